The van der Waals surface area contributed by atoms with E-state index in [2.05, 4.69) is 17.2 Å². The number of benzene rings is 2. The first kappa shape index (κ1) is 19.0. The molecule has 4 nitrogen and oxygen atoms in total. The van der Waals surface area contributed by atoms with Crippen molar-refractivity contribution in [2.24, 2.45) is 0 Å². The zero-order chi connectivity index (χ0) is 18.7. The fourth-order valence-electron chi connectivity index (χ4n) is 2.40. The number of rotatable bonds is 6. The van der Waals surface area contributed by atoms with Crippen molar-refractivity contribution < 1.29 is 9.53 Å². The van der Waals surface area contributed by atoms with Crippen molar-refractivity contribution in [3.8, 4) is 5.75 Å². The van der Waals surface area contributed by atoms with Crippen LogP contribution in [-0.4, -0.2) is 22.7 Å². The number of nitrogens with one attached hydrogen (secondary N) is 1. The van der Waals surface area contributed by atoms with Crippen LogP contribution < -0.4 is 10.1 Å². The quantitative estimate of drug-likeness (QED) is 0.527. The third-order valence-corrected chi connectivity index (χ3v) is 5.99. The second kappa shape index (κ2) is 8.29. The van der Waals surface area contributed by atoms with E-state index in [4.69, 9.17) is 16.3 Å². The van der Waals surface area contributed by atoms with Crippen LogP contribution in [0.15, 0.2) is 40.7 Å². The number of aryl methyl sites for hydroxylation is 1. The Morgan fingerprint density at radius 2 is 2.15 bits per heavy atom. The normalized spacial score (nSPS) is 12.2. The zero-order valence-corrected chi connectivity index (χ0v) is 17.1. The first-order valence-electron chi connectivity index (χ1n) is 8.23. The lowest BCUT2D eigenvalue weighted by Crippen LogP contribution is -2.30. The summed E-state index contributed by atoms with van der Waals surface area (Å²) in [5.41, 5.74) is 2.58. The van der Waals surface area contributed by atoms with Gasteiger partial charge < -0.3 is 10.1 Å². The van der Waals surface area contributed by atoms with Gasteiger partial charge in [0.05, 0.1) is 10.2 Å². The number of anilines is 1. The van der Waals surface area contributed by atoms with Crippen LogP contribution in [0.4, 0.5) is 5.69 Å². The largest absolute Gasteiger partial charge is 0.481 e. The monoisotopic (exact) mass is 406 g/mol. The molecular weight excluding hydrogens is 388 g/mol. The highest BCUT2D eigenvalue weighted by Gasteiger charge is 2.16. The highest BCUT2D eigenvalue weighted by molar-refractivity contribution is 8.01. The number of aromatic nitrogens is 1. The fourth-order valence-corrected chi connectivity index (χ4v) is 4.63. The van der Waals surface area contributed by atoms with Gasteiger partial charge in [0.15, 0.2) is 10.4 Å². The van der Waals surface area contributed by atoms with Crippen LogP contribution in [0.5, 0.6) is 5.75 Å². The number of thiazole rings is 1. The Hall–Kier alpha value is -1.76. The van der Waals surface area contributed by atoms with Gasteiger partial charge in [-0.15, -0.1) is 11.3 Å². The van der Waals surface area contributed by atoms with Crippen molar-refractivity contribution in [1.29, 1.82) is 0 Å². The van der Waals surface area contributed by atoms with Crippen molar-refractivity contribution >= 4 is 56.5 Å². The number of fused-ring (bicyclic) bond motifs is 1. The number of hydrogen-bond donors (Lipinski definition) is 1. The number of amides is 1. The molecule has 1 atom stereocenters. The predicted octanol–water partition coefficient (Wildman–Crippen LogP) is 5.78. The van der Waals surface area contributed by atoms with Crippen LogP contribution in [0.3, 0.4) is 0 Å². The molecular formula is C19H19ClN2O2S2. The van der Waals surface area contributed by atoms with E-state index >= 15 is 0 Å². The molecule has 0 bridgehead atoms. The molecule has 0 fully saturated rings. The molecule has 3 rings (SSSR count). The van der Waals surface area contributed by atoms with Crippen LogP contribution in [0.2, 0.25) is 5.02 Å². The highest BCUT2D eigenvalue weighted by Crippen LogP contribution is 2.31. The molecule has 0 radical (unpaired) electrons. The van der Waals surface area contributed by atoms with Gasteiger partial charge >= 0.3 is 0 Å². The van der Waals surface area contributed by atoms with Crippen molar-refractivity contribution in [3.63, 3.8) is 0 Å². The van der Waals surface area contributed by atoms with E-state index < -0.39 is 6.10 Å². The number of thioether (sulfide) groups is 1. The summed E-state index contributed by atoms with van der Waals surface area (Å²) in [5.74, 6) is 1.44. The molecule has 1 N–H and O–H groups in total. The summed E-state index contributed by atoms with van der Waals surface area (Å²) in [5, 5.41) is 3.55. The van der Waals surface area contributed by atoms with Crippen LogP contribution in [-0.2, 0) is 4.79 Å². The molecule has 0 aliphatic rings. The van der Waals surface area contributed by atoms with Crippen LogP contribution in [0.25, 0.3) is 10.2 Å². The average Bonchev–Trinajstić information content (AvgIpc) is 2.99. The van der Waals surface area contributed by atoms with Crippen LogP contribution in [0.1, 0.15) is 19.4 Å². The minimum atomic E-state index is -0.627. The van der Waals surface area contributed by atoms with Gasteiger partial charge in [0.25, 0.3) is 5.91 Å². The highest BCUT2D eigenvalue weighted by atomic mass is 35.5. The summed E-state index contributed by atoms with van der Waals surface area (Å²) in [6.07, 6.45) is -0.627. The van der Waals surface area contributed by atoms with Gasteiger partial charge in [-0.2, -0.15) is 0 Å². The number of carbonyl (C=O) groups excluding carboxylic acids is 1. The molecule has 0 unspecified atom stereocenters. The lowest BCUT2D eigenvalue weighted by Gasteiger charge is -2.16. The SMILES string of the molecule is CCSc1nc2ccc(NC(=O)[C@@H](C)Oc3ccc(Cl)cc3C)cc2s1. The molecule has 1 heterocycles. The molecule has 0 saturated carbocycles. The van der Waals surface area contributed by atoms with Crippen LogP contribution in [0, 0.1) is 6.92 Å². The second-order valence-corrected chi connectivity index (χ2v) is 8.73. The summed E-state index contributed by atoms with van der Waals surface area (Å²) < 4.78 is 7.87. The van der Waals surface area contributed by atoms with Gasteiger partial charge in [-0.3, -0.25) is 4.79 Å². The molecule has 0 aliphatic heterocycles. The third kappa shape index (κ3) is 4.50. The summed E-state index contributed by atoms with van der Waals surface area (Å²) in [7, 11) is 0. The van der Waals surface area contributed by atoms with Crippen molar-refractivity contribution in [2.75, 3.05) is 11.1 Å². The maximum absolute atomic E-state index is 12.5. The molecule has 136 valence electrons. The first-order chi connectivity index (χ1) is 12.5. The van der Waals surface area contributed by atoms with Gasteiger partial charge in [-0.05, 0) is 61.6 Å². The Morgan fingerprint density at radius 1 is 1.35 bits per heavy atom. The standard InChI is InChI=1S/C19H19ClN2O2S2/c1-4-25-19-22-15-7-6-14(10-17(15)26-19)21-18(23)12(3)24-16-8-5-13(20)9-11(16)2/h5-10,12H,4H2,1-3H3,(H,21,23)/t12-/m1/s1. The van der Waals surface area contributed by atoms with Crippen molar-refractivity contribution in [2.45, 2.75) is 31.2 Å². The molecule has 0 saturated heterocycles. The molecule has 0 aliphatic carbocycles. The third-order valence-electron chi connectivity index (χ3n) is 3.71. The Balaban J connectivity index is 1.69. The van der Waals surface area contributed by atoms with E-state index in [0.717, 1.165) is 31.6 Å². The zero-order valence-electron chi connectivity index (χ0n) is 14.7. The topological polar surface area (TPSA) is 51.2 Å². The second-order valence-electron chi connectivity index (χ2n) is 5.75. The molecule has 1 aromatic heterocycles. The number of nitrogens with zero attached hydrogens (tertiary/aromatic N) is 1. The molecule has 3 aromatic rings. The van der Waals surface area contributed by atoms with Crippen molar-refractivity contribution in [3.05, 3.63) is 47.0 Å². The van der Waals surface area contributed by atoms with E-state index in [1.54, 1.807) is 42.2 Å². The number of ether oxygens (including phenoxy) is 1. The Bertz CT molecular complexity index is 942. The van der Waals surface area contributed by atoms with Crippen molar-refractivity contribution in [1.82, 2.24) is 4.98 Å². The maximum atomic E-state index is 12.5. The van der Waals surface area contributed by atoms with Gasteiger partial charge in [0.2, 0.25) is 0 Å². The van der Waals surface area contributed by atoms with Gasteiger partial charge in [0, 0.05) is 10.7 Å². The van der Waals surface area contributed by atoms with E-state index in [-0.39, 0.29) is 5.91 Å². The molecule has 26 heavy (non-hydrogen) atoms. The van der Waals surface area contributed by atoms with Gasteiger partial charge in [-0.25, -0.2) is 4.98 Å². The summed E-state index contributed by atoms with van der Waals surface area (Å²) in [6.45, 7) is 5.73. The van der Waals surface area contributed by atoms with E-state index in [1.165, 1.54) is 0 Å². The molecule has 7 heteroatoms. The first-order valence-corrected chi connectivity index (χ1v) is 10.4. The Morgan fingerprint density at radius 3 is 2.88 bits per heavy atom. The number of hydrogen-bond acceptors (Lipinski definition) is 5. The van der Waals surface area contributed by atoms with E-state index in [1.807, 2.05) is 31.2 Å². The Kier molecular flexibility index (Phi) is 6.06. The van der Waals surface area contributed by atoms with E-state index in [0.29, 0.717) is 10.8 Å². The minimum Gasteiger partial charge on any atom is -0.481 e. The predicted molar refractivity (Wildman–Crippen MR) is 111 cm³/mol. The fraction of sp³-hybridized carbons (Fsp3) is 0.263. The minimum absolute atomic E-state index is 0.202. The van der Waals surface area contributed by atoms with E-state index in [9.17, 15) is 4.79 Å². The molecule has 1 amide bonds. The summed E-state index contributed by atoms with van der Waals surface area (Å²) in [6, 6.07) is 11.1. The number of halogens is 1. The average molecular weight is 407 g/mol. The lowest BCUT2D eigenvalue weighted by molar-refractivity contribution is -0.122. The molecule has 2 aromatic carbocycles. The number of carbonyl (C=O) groups is 1. The molecule has 0 spiro atoms. The maximum Gasteiger partial charge on any atom is 0.265 e. The summed E-state index contributed by atoms with van der Waals surface area (Å²) in [4.78, 5) is 17.0. The summed E-state index contributed by atoms with van der Waals surface area (Å²) >= 11 is 9.31. The van der Waals surface area contributed by atoms with Crippen LogP contribution >= 0.6 is 34.7 Å². The van der Waals surface area contributed by atoms with Gasteiger partial charge in [-0.1, -0.05) is 30.3 Å². The lowest BCUT2D eigenvalue weighted by atomic mass is 10.2. The van der Waals surface area contributed by atoms with Gasteiger partial charge in [0.1, 0.15) is 5.75 Å². The smallest absolute Gasteiger partial charge is 0.265 e. The Labute approximate surface area is 165 Å².